The molecule has 1 aliphatic carbocycles. The van der Waals surface area contributed by atoms with E-state index >= 15 is 0 Å². The van der Waals surface area contributed by atoms with Gasteiger partial charge >= 0.3 is 0 Å². The van der Waals surface area contributed by atoms with Crippen LogP contribution in [0.1, 0.15) is 15.9 Å². The van der Waals surface area contributed by atoms with Crippen molar-refractivity contribution in [3.8, 4) is 0 Å². The number of alkyl halides is 4. The lowest BCUT2D eigenvalue weighted by Gasteiger charge is -2.37. The zero-order valence-corrected chi connectivity index (χ0v) is 16.1. The fourth-order valence-corrected chi connectivity index (χ4v) is 4.41. The van der Waals surface area contributed by atoms with Gasteiger partial charge in [-0.05, 0) is 12.1 Å². The highest BCUT2D eigenvalue weighted by atomic mass is 35.5. The largest absolute Gasteiger partial charge is 0.291 e. The molecule has 0 radical (unpaired) electrons. The summed E-state index contributed by atoms with van der Waals surface area (Å²) < 4.78 is 24.4. The summed E-state index contributed by atoms with van der Waals surface area (Å²) in [6.45, 7) is 0. The van der Waals surface area contributed by atoms with Crippen molar-refractivity contribution in [2.75, 3.05) is 0 Å². The van der Waals surface area contributed by atoms with Crippen LogP contribution in [0.3, 0.4) is 0 Å². The standard InChI is InChI=1S/C16H9Cl4NO3S/c17-15(18)13(21-25(23,24)10-6-2-1-3-7-10)11-8-4-5-9-12(11)14(22)16(15,19)20/h1-9H. The third-order valence-electron chi connectivity index (χ3n) is 3.66. The van der Waals surface area contributed by atoms with Crippen LogP contribution in [0.25, 0.3) is 0 Å². The minimum atomic E-state index is -4.15. The minimum Gasteiger partial charge on any atom is -0.291 e. The lowest BCUT2D eigenvalue weighted by Crippen LogP contribution is -2.53. The summed E-state index contributed by atoms with van der Waals surface area (Å²) in [6, 6.07) is 13.6. The molecule has 0 amide bonds. The first-order chi connectivity index (χ1) is 11.6. The number of hydrogen-bond donors (Lipinski definition) is 0. The van der Waals surface area contributed by atoms with Crippen LogP contribution in [0.15, 0.2) is 63.9 Å². The van der Waals surface area contributed by atoms with E-state index in [1.54, 1.807) is 30.3 Å². The molecule has 1 aliphatic rings. The highest BCUT2D eigenvalue weighted by Crippen LogP contribution is 2.51. The molecule has 2 aromatic rings. The fourth-order valence-electron chi connectivity index (χ4n) is 2.39. The van der Waals surface area contributed by atoms with Gasteiger partial charge in [0.2, 0.25) is 14.4 Å². The van der Waals surface area contributed by atoms with Gasteiger partial charge in [0, 0.05) is 11.1 Å². The van der Waals surface area contributed by atoms with E-state index in [2.05, 4.69) is 4.40 Å². The minimum absolute atomic E-state index is 0.0595. The lowest BCUT2D eigenvalue weighted by atomic mass is 9.87. The first kappa shape index (κ1) is 18.7. The molecule has 2 aromatic carbocycles. The molecule has 0 saturated heterocycles. The maximum atomic E-state index is 12.6. The van der Waals surface area contributed by atoms with Crippen LogP contribution in [0, 0.1) is 0 Å². The Morgan fingerprint density at radius 2 is 1.28 bits per heavy atom. The number of nitrogens with zero attached hydrogens (tertiary/aromatic N) is 1. The summed E-state index contributed by atoms with van der Waals surface area (Å²) in [5.74, 6) is -0.729. The second-order valence-corrected chi connectivity index (χ2v) is 9.51. The lowest BCUT2D eigenvalue weighted by molar-refractivity contribution is 0.0969. The maximum Gasteiger partial charge on any atom is 0.282 e. The first-order valence-corrected chi connectivity index (χ1v) is 9.84. The Hall–Kier alpha value is -1.11. The molecule has 25 heavy (non-hydrogen) atoms. The van der Waals surface area contributed by atoms with Crippen LogP contribution in [-0.2, 0) is 10.0 Å². The molecule has 0 fully saturated rings. The zero-order chi connectivity index (χ0) is 18.5. The maximum absolute atomic E-state index is 12.6. The van der Waals surface area contributed by atoms with Gasteiger partial charge in [-0.25, -0.2) is 0 Å². The average molecular weight is 437 g/mol. The molecule has 9 heteroatoms. The topological polar surface area (TPSA) is 63.6 Å². The SMILES string of the molecule is O=C1c2ccccc2C(=NS(=O)(=O)c2ccccc2)C(Cl)(Cl)C1(Cl)Cl. The monoisotopic (exact) mass is 435 g/mol. The third kappa shape index (κ3) is 2.98. The fraction of sp³-hybridized carbons (Fsp3) is 0.125. The van der Waals surface area contributed by atoms with Gasteiger partial charge in [-0.3, -0.25) is 4.79 Å². The Bertz CT molecular complexity index is 985. The van der Waals surface area contributed by atoms with Gasteiger partial charge in [-0.2, -0.15) is 12.8 Å². The number of halogens is 4. The number of benzene rings is 2. The Morgan fingerprint density at radius 1 is 0.760 bits per heavy atom. The second-order valence-electron chi connectivity index (χ2n) is 5.25. The van der Waals surface area contributed by atoms with Crippen LogP contribution in [0.4, 0.5) is 0 Å². The van der Waals surface area contributed by atoms with Gasteiger partial charge in [0.15, 0.2) is 0 Å². The Balaban J connectivity index is 2.30. The number of carbonyl (C=O) groups is 1. The normalized spacial score (nSPS) is 20.3. The van der Waals surface area contributed by atoms with Crippen LogP contribution < -0.4 is 0 Å². The molecule has 4 nitrogen and oxygen atoms in total. The van der Waals surface area contributed by atoms with Crippen molar-refractivity contribution < 1.29 is 13.2 Å². The predicted molar refractivity (Wildman–Crippen MR) is 99.8 cm³/mol. The molecule has 3 rings (SSSR count). The molecule has 0 aromatic heterocycles. The average Bonchev–Trinajstić information content (AvgIpc) is 2.58. The van der Waals surface area contributed by atoms with Crippen molar-refractivity contribution in [3.63, 3.8) is 0 Å². The van der Waals surface area contributed by atoms with Crippen molar-refractivity contribution in [1.29, 1.82) is 0 Å². The van der Waals surface area contributed by atoms with Gasteiger partial charge in [0.05, 0.1) is 4.90 Å². The molecule has 0 atom stereocenters. The van der Waals surface area contributed by atoms with E-state index in [-0.39, 0.29) is 21.7 Å². The van der Waals surface area contributed by atoms with Crippen LogP contribution >= 0.6 is 46.4 Å². The Kier molecular flexibility index (Phi) is 4.67. The van der Waals surface area contributed by atoms with Gasteiger partial charge in [-0.15, -0.1) is 0 Å². The molecule has 0 unspecified atom stereocenters. The van der Waals surface area contributed by atoms with Crippen LogP contribution in [-0.4, -0.2) is 28.6 Å². The summed E-state index contributed by atoms with van der Waals surface area (Å²) in [6.07, 6.45) is 0. The molecule has 0 N–H and O–H groups in total. The number of fused-ring (bicyclic) bond motifs is 1. The third-order valence-corrected chi connectivity index (χ3v) is 7.17. The molecular formula is C16H9Cl4NO3S. The molecule has 0 spiro atoms. The number of carbonyl (C=O) groups excluding carboxylic acids is 1. The van der Waals surface area contributed by atoms with E-state index in [0.29, 0.717) is 0 Å². The van der Waals surface area contributed by atoms with Crippen molar-refractivity contribution in [1.82, 2.24) is 0 Å². The van der Waals surface area contributed by atoms with Gasteiger partial charge in [0.1, 0.15) is 5.71 Å². The quantitative estimate of drug-likeness (QED) is 0.655. The molecule has 130 valence electrons. The van der Waals surface area contributed by atoms with Crippen molar-refractivity contribution in [3.05, 3.63) is 65.7 Å². The first-order valence-electron chi connectivity index (χ1n) is 6.89. The van der Waals surface area contributed by atoms with Gasteiger partial charge in [-0.1, -0.05) is 88.9 Å². The second kappa shape index (κ2) is 6.25. The summed E-state index contributed by atoms with van der Waals surface area (Å²) >= 11 is 24.6. The smallest absolute Gasteiger partial charge is 0.282 e. The van der Waals surface area contributed by atoms with E-state index in [1.165, 1.54) is 24.3 Å². The van der Waals surface area contributed by atoms with E-state index in [1.807, 2.05) is 0 Å². The van der Waals surface area contributed by atoms with Gasteiger partial charge in [0.25, 0.3) is 10.0 Å². The number of Topliss-reactive ketones (excluding diaryl/α,β-unsaturated/α-hetero) is 1. The van der Waals surface area contributed by atoms with E-state index in [4.69, 9.17) is 46.4 Å². The summed E-state index contributed by atoms with van der Waals surface area (Å²) in [5.41, 5.74) is -0.0553. The molecule has 0 aliphatic heterocycles. The number of ketones is 1. The van der Waals surface area contributed by atoms with E-state index in [0.717, 1.165) is 0 Å². The van der Waals surface area contributed by atoms with E-state index < -0.39 is 24.5 Å². The van der Waals surface area contributed by atoms with E-state index in [9.17, 15) is 13.2 Å². The van der Waals surface area contributed by atoms with Crippen LogP contribution in [0.5, 0.6) is 0 Å². The molecule has 0 heterocycles. The Morgan fingerprint density at radius 3 is 1.88 bits per heavy atom. The molecular weight excluding hydrogens is 428 g/mol. The Labute approximate surface area is 164 Å². The highest BCUT2D eigenvalue weighted by molar-refractivity contribution is 7.90. The molecule has 0 bridgehead atoms. The van der Waals surface area contributed by atoms with Crippen molar-refractivity contribution >= 4 is 67.9 Å². The predicted octanol–water partition coefficient (Wildman–Crippen LogP) is 4.41. The van der Waals surface area contributed by atoms with Crippen LogP contribution in [0.2, 0.25) is 0 Å². The van der Waals surface area contributed by atoms with Crippen molar-refractivity contribution in [2.24, 2.45) is 4.40 Å². The molecule has 0 saturated carbocycles. The summed E-state index contributed by atoms with van der Waals surface area (Å²) in [4.78, 5) is 12.4. The number of rotatable bonds is 2. The summed E-state index contributed by atoms with van der Waals surface area (Å²) in [5, 5.41) is 0. The number of sulfonamides is 1. The van der Waals surface area contributed by atoms with Crippen molar-refractivity contribution in [2.45, 2.75) is 13.6 Å². The number of hydrogen-bond acceptors (Lipinski definition) is 3. The zero-order valence-electron chi connectivity index (χ0n) is 12.3. The van der Waals surface area contributed by atoms with Gasteiger partial charge < -0.3 is 0 Å². The summed E-state index contributed by atoms with van der Waals surface area (Å²) in [7, 11) is -4.15. The highest BCUT2D eigenvalue weighted by Gasteiger charge is 2.61.